The summed E-state index contributed by atoms with van der Waals surface area (Å²) in [5, 5.41) is 7.95. The van der Waals surface area contributed by atoms with Crippen LogP contribution >= 0.6 is 116 Å². The van der Waals surface area contributed by atoms with Gasteiger partial charge in [0.2, 0.25) is 13.5 Å². The van der Waals surface area contributed by atoms with Crippen LogP contribution in [0.3, 0.4) is 0 Å². The highest BCUT2D eigenvalue weighted by Gasteiger charge is 2.34. The van der Waals surface area contributed by atoms with Gasteiger partial charge in [0.15, 0.2) is 11.5 Å². The monoisotopic (exact) mass is 674 g/mol. The summed E-state index contributed by atoms with van der Waals surface area (Å²) < 4.78 is 5.61. The topological polar surface area (TPSA) is 119 Å². The fraction of sp³-hybridized carbons (Fsp3) is 0.250. The number of nitrogens with one attached hydrogen (secondary N) is 1. The molecule has 0 saturated carbocycles. The molecule has 18 heteroatoms. The van der Waals surface area contributed by atoms with Crippen LogP contribution in [-0.2, 0) is 17.2 Å². The highest BCUT2D eigenvalue weighted by Crippen LogP contribution is 2.48. The van der Waals surface area contributed by atoms with E-state index in [9.17, 15) is 19.5 Å². The Balaban J connectivity index is 0.000000362. The number of hydrogen-bond acceptors (Lipinski definition) is 7. The number of hydrogen-bond donors (Lipinski definition) is 2. The number of aromatic hydroxyl groups is 1. The standard InChI is InChI=1S/C10H6Cl5NO4.C6H2Cl5NO2/c1-3(17)19-7-5(11)8(10(13,14)15)16-9(6(7)12)20-4(2)18;7-1-3(13)2(8)5(14)12-4(1)6(9,10)11/h1-2H3;(H2,12,13,14). The Kier molecular flexibility index (Phi) is 11.5. The van der Waals surface area contributed by atoms with Crippen molar-refractivity contribution in [2.45, 2.75) is 21.4 Å². The number of aromatic amines is 1. The summed E-state index contributed by atoms with van der Waals surface area (Å²) in [5.41, 5.74) is -1.30. The summed E-state index contributed by atoms with van der Waals surface area (Å²) in [6.45, 7) is 2.24. The first-order valence-corrected chi connectivity index (χ1v) is 11.8. The van der Waals surface area contributed by atoms with Crippen LogP contribution in [0, 0.1) is 0 Å². The van der Waals surface area contributed by atoms with Gasteiger partial charge in [-0.15, -0.1) is 0 Å². The van der Waals surface area contributed by atoms with E-state index in [0.717, 1.165) is 13.8 Å². The third-order valence-electron chi connectivity index (χ3n) is 3.12. The van der Waals surface area contributed by atoms with Crippen molar-refractivity contribution >= 4 is 128 Å². The smallest absolute Gasteiger partial charge is 0.309 e. The molecule has 0 bridgehead atoms. The highest BCUT2D eigenvalue weighted by atomic mass is 35.6. The van der Waals surface area contributed by atoms with E-state index >= 15 is 0 Å². The van der Waals surface area contributed by atoms with E-state index < -0.39 is 35.9 Å². The van der Waals surface area contributed by atoms with E-state index in [1.165, 1.54) is 0 Å². The van der Waals surface area contributed by atoms with Crippen LogP contribution in [-0.4, -0.2) is 27.0 Å². The lowest BCUT2D eigenvalue weighted by Crippen LogP contribution is -2.15. The average molecular weight is 679 g/mol. The molecule has 188 valence electrons. The van der Waals surface area contributed by atoms with Crippen molar-refractivity contribution < 1.29 is 24.2 Å². The van der Waals surface area contributed by atoms with E-state index in [2.05, 4.69) is 9.97 Å². The zero-order chi connectivity index (χ0) is 26.8. The van der Waals surface area contributed by atoms with Crippen molar-refractivity contribution in [2.75, 3.05) is 0 Å². The number of aromatic nitrogens is 2. The van der Waals surface area contributed by atoms with Crippen LogP contribution in [0.1, 0.15) is 25.2 Å². The number of ether oxygens (including phenoxy) is 2. The van der Waals surface area contributed by atoms with Gasteiger partial charge in [0.1, 0.15) is 25.8 Å². The van der Waals surface area contributed by atoms with Gasteiger partial charge in [-0.3, -0.25) is 14.4 Å². The Bertz CT molecular complexity index is 1170. The molecule has 2 rings (SSSR count). The number of esters is 2. The number of alkyl halides is 6. The second-order valence-corrected chi connectivity index (χ2v) is 11.8. The van der Waals surface area contributed by atoms with Gasteiger partial charge >= 0.3 is 11.9 Å². The molecule has 0 fully saturated rings. The number of H-pyrrole nitrogens is 1. The van der Waals surface area contributed by atoms with Crippen LogP contribution in [0.15, 0.2) is 4.79 Å². The van der Waals surface area contributed by atoms with Crippen LogP contribution in [0.2, 0.25) is 20.1 Å². The molecule has 0 aliphatic rings. The van der Waals surface area contributed by atoms with Crippen LogP contribution in [0.4, 0.5) is 0 Å². The predicted molar refractivity (Wildman–Crippen MR) is 134 cm³/mol. The van der Waals surface area contributed by atoms with Crippen molar-refractivity contribution in [1.82, 2.24) is 9.97 Å². The van der Waals surface area contributed by atoms with Crippen molar-refractivity contribution in [3.05, 3.63) is 41.8 Å². The molecule has 2 N–H and O–H groups in total. The molecular weight excluding hydrogens is 671 g/mol. The number of carbonyl (C=O) groups is 2. The minimum Gasteiger partial charge on any atom is -0.505 e. The third kappa shape index (κ3) is 8.40. The maximum Gasteiger partial charge on any atom is 0.309 e. The maximum absolute atomic E-state index is 11.1. The molecule has 0 aliphatic carbocycles. The van der Waals surface area contributed by atoms with Gasteiger partial charge in [0.05, 0.1) is 5.69 Å². The second-order valence-electron chi connectivity index (χ2n) is 5.71. The molecule has 8 nitrogen and oxygen atoms in total. The molecule has 0 unspecified atom stereocenters. The lowest BCUT2D eigenvalue weighted by Gasteiger charge is -2.17. The zero-order valence-electron chi connectivity index (χ0n) is 16.2. The Morgan fingerprint density at radius 3 is 1.74 bits per heavy atom. The molecule has 2 heterocycles. The van der Waals surface area contributed by atoms with E-state index in [4.69, 9.17) is 125 Å². The number of halogens is 10. The van der Waals surface area contributed by atoms with E-state index in [0.29, 0.717) is 0 Å². The third-order valence-corrected chi connectivity index (χ3v) is 5.63. The first-order chi connectivity index (χ1) is 15.3. The van der Waals surface area contributed by atoms with E-state index in [1.807, 2.05) is 0 Å². The SMILES string of the molecule is CC(=O)Oc1nc(C(Cl)(Cl)Cl)c(Cl)c(OC(C)=O)c1Cl.O=c1[nH]c(C(Cl)(Cl)Cl)c(Cl)c(O)c1Cl. The average Bonchev–Trinajstić information content (AvgIpc) is 2.66. The molecule has 0 aromatic carbocycles. The summed E-state index contributed by atoms with van der Waals surface area (Å²) in [5.74, 6) is -2.75. The first kappa shape index (κ1) is 31.8. The van der Waals surface area contributed by atoms with Crippen molar-refractivity contribution in [3.8, 4) is 17.4 Å². The Morgan fingerprint density at radius 1 is 0.824 bits per heavy atom. The van der Waals surface area contributed by atoms with Crippen LogP contribution in [0.5, 0.6) is 17.4 Å². The minimum absolute atomic E-state index is 0.226. The Labute approximate surface area is 241 Å². The van der Waals surface area contributed by atoms with Gasteiger partial charge in [-0.05, 0) is 0 Å². The van der Waals surface area contributed by atoms with Crippen molar-refractivity contribution in [2.24, 2.45) is 0 Å². The molecule has 2 aromatic heterocycles. The van der Waals surface area contributed by atoms with E-state index in [-0.39, 0.29) is 38.1 Å². The molecule has 0 radical (unpaired) electrons. The Morgan fingerprint density at radius 2 is 1.32 bits per heavy atom. The van der Waals surface area contributed by atoms with Gasteiger partial charge < -0.3 is 19.6 Å². The van der Waals surface area contributed by atoms with Gasteiger partial charge in [0.25, 0.3) is 5.56 Å². The number of nitrogens with zero attached hydrogens (tertiary/aromatic N) is 1. The lowest BCUT2D eigenvalue weighted by molar-refractivity contribution is -0.132. The highest BCUT2D eigenvalue weighted by molar-refractivity contribution is 6.67. The summed E-state index contributed by atoms with van der Waals surface area (Å²) in [6, 6.07) is 0. The fourth-order valence-corrected chi connectivity index (χ4v) is 4.05. The quantitative estimate of drug-likeness (QED) is 0.253. The number of rotatable bonds is 2. The molecular formula is C16H8Cl10N2O6. The zero-order valence-corrected chi connectivity index (χ0v) is 23.8. The predicted octanol–water partition coefficient (Wildman–Crippen LogP) is 7.28. The number of pyridine rings is 2. The van der Waals surface area contributed by atoms with Crippen molar-refractivity contribution in [3.63, 3.8) is 0 Å². The van der Waals surface area contributed by atoms with Crippen molar-refractivity contribution in [1.29, 1.82) is 0 Å². The molecule has 0 spiro atoms. The molecule has 0 amide bonds. The summed E-state index contributed by atoms with van der Waals surface area (Å²) in [7, 11) is 0. The lowest BCUT2D eigenvalue weighted by atomic mass is 10.3. The molecule has 34 heavy (non-hydrogen) atoms. The van der Waals surface area contributed by atoms with Crippen LogP contribution in [0.25, 0.3) is 0 Å². The van der Waals surface area contributed by atoms with Crippen LogP contribution < -0.4 is 15.0 Å². The Hall–Kier alpha value is -0.260. The first-order valence-electron chi connectivity index (χ1n) is 7.99. The fourth-order valence-electron chi connectivity index (χ4n) is 1.87. The summed E-state index contributed by atoms with van der Waals surface area (Å²) in [6.07, 6.45) is 0. The van der Waals surface area contributed by atoms with Gasteiger partial charge in [-0.1, -0.05) is 116 Å². The maximum atomic E-state index is 11.1. The van der Waals surface area contributed by atoms with Gasteiger partial charge in [-0.2, -0.15) is 0 Å². The summed E-state index contributed by atoms with van der Waals surface area (Å²) in [4.78, 5) is 39.0. The molecule has 0 saturated heterocycles. The summed E-state index contributed by atoms with van der Waals surface area (Å²) >= 11 is 56.3. The molecule has 0 aliphatic heterocycles. The molecule has 0 atom stereocenters. The normalized spacial score (nSPS) is 11.4. The number of carbonyl (C=O) groups excluding carboxylic acids is 2. The molecule has 2 aromatic rings. The van der Waals surface area contributed by atoms with Gasteiger partial charge in [0, 0.05) is 13.8 Å². The largest absolute Gasteiger partial charge is 0.505 e. The van der Waals surface area contributed by atoms with E-state index in [1.54, 1.807) is 0 Å². The van der Waals surface area contributed by atoms with Gasteiger partial charge in [-0.25, -0.2) is 4.98 Å². The minimum atomic E-state index is -2.04. The second kappa shape index (κ2) is 12.3.